The van der Waals surface area contributed by atoms with Crippen LogP contribution < -0.4 is 15.5 Å². The largest absolute Gasteiger partial charge is 0.433 e. The highest BCUT2D eigenvalue weighted by Crippen LogP contribution is 2.40. The number of amides is 1. The Morgan fingerprint density at radius 1 is 1.33 bits per heavy atom. The summed E-state index contributed by atoms with van der Waals surface area (Å²) < 4.78 is 38.8. The van der Waals surface area contributed by atoms with E-state index in [1.165, 1.54) is 6.07 Å². The van der Waals surface area contributed by atoms with Crippen molar-refractivity contribution in [2.24, 2.45) is 11.8 Å². The lowest BCUT2D eigenvalue weighted by Gasteiger charge is -2.25. The molecule has 3 rings (SSSR count). The number of carbonyl (C=O) groups is 1. The predicted molar refractivity (Wildman–Crippen MR) is 97.4 cm³/mol. The van der Waals surface area contributed by atoms with E-state index in [4.69, 9.17) is 0 Å². The highest BCUT2D eigenvalue weighted by atomic mass is 19.4. The number of rotatable bonds is 6. The van der Waals surface area contributed by atoms with Gasteiger partial charge in [0.2, 0.25) is 5.91 Å². The number of pyridine rings is 1. The van der Waals surface area contributed by atoms with E-state index in [0.717, 1.165) is 31.7 Å². The maximum atomic E-state index is 12.9. The van der Waals surface area contributed by atoms with Gasteiger partial charge >= 0.3 is 6.18 Å². The Morgan fingerprint density at radius 3 is 2.78 bits per heavy atom. The highest BCUT2D eigenvalue weighted by molar-refractivity contribution is 5.82. The monoisotopic (exact) mass is 384 g/mol. The Morgan fingerprint density at radius 2 is 2.11 bits per heavy atom. The minimum absolute atomic E-state index is 0.0145. The lowest BCUT2D eigenvalue weighted by Crippen LogP contribution is -2.48. The summed E-state index contributed by atoms with van der Waals surface area (Å²) in [5.74, 6) is 1.01. The molecule has 1 aromatic heterocycles. The van der Waals surface area contributed by atoms with E-state index < -0.39 is 11.9 Å². The van der Waals surface area contributed by atoms with Crippen LogP contribution >= 0.6 is 0 Å². The molecule has 1 aliphatic heterocycles. The molecule has 2 N–H and O–H groups in total. The Hall–Kier alpha value is -1.83. The van der Waals surface area contributed by atoms with Crippen molar-refractivity contribution in [3.8, 4) is 0 Å². The SMILES string of the molecule is CCC[C@H](NC)C(=O)N[C@H]1CC[C@@H]2CN(c3cccc(C(F)(F)F)n3)C[C@@H]21. The zero-order chi connectivity index (χ0) is 19.6. The van der Waals surface area contributed by atoms with Crippen LogP contribution in [0.2, 0.25) is 0 Å². The molecular weight excluding hydrogens is 357 g/mol. The Kier molecular flexibility index (Phi) is 5.93. The third-order valence-electron chi connectivity index (χ3n) is 5.78. The molecular formula is C19H27F3N4O. The van der Waals surface area contributed by atoms with Gasteiger partial charge in [0.05, 0.1) is 6.04 Å². The van der Waals surface area contributed by atoms with Gasteiger partial charge in [0.15, 0.2) is 0 Å². The molecule has 5 nitrogen and oxygen atoms in total. The van der Waals surface area contributed by atoms with Gasteiger partial charge < -0.3 is 15.5 Å². The van der Waals surface area contributed by atoms with Crippen LogP contribution in [-0.4, -0.2) is 43.1 Å². The van der Waals surface area contributed by atoms with Crippen molar-refractivity contribution < 1.29 is 18.0 Å². The van der Waals surface area contributed by atoms with Crippen LogP contribution in [0.5, 0.6) is 0 Å². The number of hydrogen-bond acceptors (Lipinski definition) is 4. The number of likely N-dealkylation sites (N-methyl/N-ethyl adjacent to an activating group) is 1. The number of nitrogens with zero attached hydrogens (tertiary/aromatic N) is 2. The third-order valence-corrected chi connectivity index (χ3v) is 5.78. The number of nitrogens with one attached hydrogen (secondary N) is 2. The molecule has 4 atom stereocenters. The number of fused-ring (bicyclic) bond motifs is 1. The Balaban J connectivity index is 1.65. The Bertz CT molecular complexity index is 667. The van der Waals surface area contributed by atoms with Gasteiger partial charge in [0.25, 0.3) is 0 Å². The molecule has 0 spiro atoms. The summed E-state index contributed by atoms with van der Waals surface area (Å²) in [6.07, 6.45) is -0.839. The Labute approximate surface area is 157 Å². The summed E-state index contributed by atoms with van der Waals surface area (Å²) in [5.41, 5.74) is -0.863. The van der Waals surface area contributed by atoms with Crippen molar-refractivity contribution in [2.45, 2.75) is 50.9 Å². The average molecular weight is 384 g/mol. The van der Waals surface area contributed by atoms with E-state index in [1.54, 1.807) is 13.1 Å². The van der Waals surface area contributed by atoms with Gasteiger partial charge in [0, 0.05) is 25.0 Å². The molecule has 1 amide bonds. The lowest BCUT2D eigenvalue weighted by molar-refractivity contribution is -0.141. The van der Waals surface area contributed by atoms with E-state index in [-0.39, 0.29) is 23.9 Å². The van der Waals surface area contributed by atoms with Crippen LogP contribution in [0.1, 0.15) is 38.3 Å². The maximum absolute atomic E-state index is 12.9. The van der Waals surface area contributed by atoms with E-state index in [1.807, 2.05) is 11.8 Å². The molecule has 2 fully saturated rings. The number of anilines is 1. The van der Waals surface area contributed by atoms with E-state index in [2.05, 4.69) is 15.6 Å². The van der Waals surface area contributed by atoms with Crippen LogP contribution in [0.3, 0.4) is 0 Å². The molecule has 0 aromatic carbocycles. The van der Waals surface area contributed by atoms with E-state index >= 15 is 0 Å². The summed E-state index contributed by atoms with van der Waals surface area (Å²) in [4.78, 5) is 18.2. The van der Waals surface area contributed by atoms with Crippen LogP contribution in [0.25, 0.3) is 0 Å². The number of hydrogen-bond donors (Lipinski definition) is 2. The van der Waals surface area contributed by atoms with Crippen molar-refractivity contribution >= 4 is 11.7 Å². The van der Waals surface area contributed by atoms with Crippen LogP contribution in [0, 0.1) is 11.8 Å². The molecule has 1 aliphatic carbocycles. The molecule has 1 saturated carbocycles. The van der Waals surface area contributed by atoms with Crippen molar-refractivity contribution in [1.29, 1.82) is 0 Å². The summed E-state index contributed by atoms with van der Waals surface area (Å²) in [5, 5.41) is 6.22. The van der Waals surface area contributed by atoms with Gasteiger partial charge in [-0.3, -0.25) is 4.79 Å². The zero-order valence-corrected chi connectivity index (χ0v) is 15.7. The normalized spacial score (nSPS) is 26.1. The molecule has 2 aliphatic rings. The number of halogens is 3. The molecule has 1 aromatic rings. The first-order valence-electron chi connectivity index (χ1n) is 9.60. The van der Waals surface area contributed by atoms with E-state index in [0.29, 0.717) is 24.8 Å². The fourth-order valence-electron chi connectivity index (χ4n) is 4.37. The van der Waals surface area contributed by atoms with Gasteiger partial charge in [-0.15, -0.1) is 0 Å². The fourth-order valence-corrected chi connectivity index (χ4v) is 4.37. The first-order valence-corrected chi connectivity index (χ1v) is 9.60. The van der Waals surface area contributed by atoms with Crippen LogP contribution in [-0.2, 0) is 11.0 Å². The van der Waals surface area contributed by atoms with Crippen molar-refractivity contribution in [3.05, 3.63) is 23.9 Å². The molecule has 0 radical (unpaired) electrons. The van der Waals surface area contributed by atoms with Crippen molar-refractivity contribution in [3.63, 3.8) is 0 Å². The molecule has 150 valence electrons. The van der Waals surface area contributed by atoms with Crippen LogP contribution in [0.15, 0.2) is 18.2 Å². The summed E-state index contributed by atoms with van der Waals surface area (Å²) in [7, 11) is 1.79. The molecule has 27 heavy (non-hydrogen) atoms. The second kappa shape index (κ2) is 8.04. The van der Waals surface area contributed by atoms with Gasteiger partial charge in [-0.2, -0.15) is 13.2 Å². The second-order valence-electron chi connectivity index (χ2n) is 7.53. The lowest BCUT2D eigenvalue weighted by atomic mass is 9.97. The minimum Gasteiger partial charge on any atom is -0.356 e. The first-order chi connectivity index (χ1) is 12.8. The van der Waals surface area contributed by atoms with Crippen molar-refractivity contribution in [1.82, 2.24) is 15.6 Å². The quantitative estimate of drug-likeness (QED) is 0.792. The maximum Gasteiger partial charge on any atom is 0.433 e. The zero-order valence-electron chi connectivity index (χ0n) is 15.7. The predicted octanol–water partition coefficient (Wildman–Crippen LogP) is 2.82. The summed E-state index contributed by atoms with van der Waals surface area (Å²) >= 11 is 0. The van der Waals surface area contributed by atoms with Crippen LogP contribution in [0.4, 0.5) is 19.0 Å². The number of carbonyl (C=O) groups excluding carboxylic acids is 1. The smallest absolute Gasteiger partial charge is 0.356 e. The number of alkyl halides is 3. The average Bonchev–Trinajstić information content (AvgIpc) is 3.21. The van der Waals surface area contributed by atoms with Gasteiger partial charge in [-0.25, -0.2) is 4.98 Å². The van der Waals surface area contributed by atoms with Crippen molar-refractivity contribution in [2.75, 3.05) is 25.0 Å². The number of aromatic nitrogens is 1. The summed E-state index contributed by atoms with van der Waals surface area (Å²) in [6, 6.07) is 3.90. The topological polar surface area (TPSA) is 57.3 Å². The van der Waals surface area contributed by atoms with E-state index in [9.17, 15) is 18.0 Å². The highest BCUT2D eigenvalue weighted by Gasteiger charge is 2.44. The molecule has 0 bridgehead atoms. The standard InChI is InChI=1S/C19H27F3N4O/c1-3-5-15(23-2)18(27)24-14-9-8-12-10-26(11-13(12)14)17-7-4-6-16(25-17)19(20,21)22/h4,6-7,12-15,23H,3,5,8-11H2,1-2H3,(H,24,27)/t12-,13+,14+,15+/m1/s1. The summed E-state index contributed by atoms with van der Waals surface area (Å²) in [6.45, 7) is 3.36. The third kappa shape index (κ3) is 4.36. The second-order valence-corrected chi connectivity index (χ2v) is 7.53. The van der Waals surface area contributed by atoms with Gasteiger partial charge in [-0.1, -0.05) is 19.4 Å². The first kappa shape index (κ1) is 19.9. The molecule has 2 heterocycles. The fraction of sp³-hybridized carbons (Fsp3) is 0.684. The molecule has 0 unspecified atom stereocenters. The molecule has 1 saturated heterocycles. The minimum atomic E-state index is -4.44. The van der Waals surface area contributed by atoms with Gasteiger partial charge in [0.1, 0.15) is 11.5 Å². The molecule has 8 heteroatoms. The van der Waals surface area contributed by atoms with Gasteiger partial charge in [-0.05, 0) is 44.4 Å².